The van der Waals surface area contributed by atoms with Gasteiger partial charge >= 0.3 is 0 Å². The number of ether oxygens (including phenoxy) is 3. The fourth-order valence-electron chi connectivity index (χ4n) is 5.22. The number of nitrogens with zero attached hydrogens (tertiary/aromatic N) is 3. The summed E-state index contributed by atoms with van der Waals surface area (Å²) in [6.07, 6.45) is 1.64. The highest BCUT2D eigenvalue weighted by Crippen LogP contribution is 2.44. The summed E-state index contributed by atoms with van der Waals surface area (Å²) in [6, 6.07) is 22.1. The molecule has 0 saturated heterocycles. The Balaban J connectivity index is 1.55. The maximum atomic E-state index is 13.9. The number of hydrogen-bond acceptors (Lipinski definition) is 5. The van der Waals surface area contributed by atoms with Gasteiger partial charge in [-0.25, -0.2) is 0 Å². The molecule has 1 aromatic heterocycles. The maximum absolute atomic E-state index is 13.9. The summed E-state index contributed by atoms with van der Waals surface area (Å²) in [5.74, 6) is 2.13. The summed E-state index contributed by atoms with van der Waals surface area (Å²) in [4.78, 5) is 15.9. The lowest BCUT2D eigenvalue weighted by Gasteiger charge is -2.27. The van der Waals surface area contributed by atoms with Crippen molar-refractivity contribution in [2.45, 2.75) is 25.8 Å². The van der Waals surface area contributed by atoms with E-state index in [9.17, 15) is 4.79 Å². The van der Waals surface area contributed by atoms with Crippen LogP contribution in [0.2, 0.25) is 0 Å². The van der Waals surface area contributed by atoms with Crippen molar-refractivity contribution in [3.63, 3.8) is 0 Å². The number of fused-ring (bicyclic) bond motifs is 1. The van der Waals surface area contributed by atoms with Gasteiger partial charge in [-0.2, -0.15) is 5.10 Å². The van der Waals surface area contributed by atoms with Crippen molar-refractivity contribution in [1.29, 1.82) is 0 Å². The molecule has 1 amide bonds. The predicted octanol–water partition coefficient (Wildman–Crippen LogP) is 5.46. The average molecular weight is 512 g/mol. The normalized spacial score (nSPS) is 14.5. The highest BCUT2D eigenvalue weighted by Gasteiger charge is 2.43. The summed E-state index contributed by atoms with van der Waals surface area (Å²) in [7, 11) is 6.75. The van der Waals surface area contributed by atoms with Gasteiger partial charge in [-0.3, -0.25) is 9.48 Å². The van der Waals surface area contributed by atoms with Crippen molar-refractivity contribution in [1.82, 2.24) is 14.7 Å². The van der Waals surface area contributed by atoms with Gasteiger partial charge in [-0.05, 0) is 65.9 Å². The molecule has 0 spiro atoms. The van der Waals surface area contributed by atoms with Crippen molar-refractivity contribution in [3.8, 4) is 28.5 Å². The Labute approximate surface area is 223 Å². The third-order valence-electron chi connectivity index (χ3n) is 7.29. The molecule has 0 N–H and O–H groups in total. The fraction of sp³-hybridized carbons (Fsp3) is 0.290. The van der Waals surface area contributed by atoms with Gasteiger partial charge in [-0.15, -0.1) is 0 Å². The quantitative estimate of drug-likeness (QED) is 0.298. The van der Waals surface area contributed by atoms with Crippen LogP contribution in [0.1, 0.15) is 45.7 Å². The fourth-order valence-corrected chi connectivity index (χ4v) is 5.22. The number of amides is 1. The number of methoxy groups -OCH3 is 3. The SMILES string of the molecule is CCc1ccc(C2c3c(-c4ccc(OC)cc4)nn(C)c3C(=O)N2CCc2ccc(OC)c(OC)c2)cc1. The standard InChI is InChI=1S/C31H33N3O4/c1-6-20-7-10-23(11-8-20)29-27-28(22-12-14-24(36-3)15-13-22)32-33(2)30(27)31(35)34(29)18-17-21-9-16-25(37-4)26(19-21)38-5/h7-16,19,29H,6,17-18H2,1-5H3. The molecule has 7 nitrogen and oxygen atoms in total. The molecule has 1 aliphatic rings. The molecule has 1 atom stereocenters. The predicted molar refractivity (Wildman–Crippen MR) is 147 cm³/mol. The Hall–Kier alpha value is -4.26. The van der Waals surface area contributed by atoms with Gasteiger partial charge in [0, 0.05) is 24.7 Å². The Bertz CT molecular complexity index is 1440. The summed E-state index contributed by atoms with van der Waals surface area (Å²) in [5, 5.41) is 4.81. The maximum Gasteiger partial charge on any atom is 0.273 e. The Morgan fingerprint density at radius 1 is 0.842 bits per heavy atom. The summed E-state index contributed by atoms with van der Waals surface area (Å²) in [6.45, 7) is 2.69. The van der Waals surface area contributed by atoms with Crippen LogP contribution in [0.25, 0.3) is 11.3 Å². The first-order valence-electron chi connectivity index (χ1n) is 12.8. The van der Waals surface area contributed by atoms with E-state index in [2.05, 4.69) is 31.2 Å². The highest BCUT2D eigenvalue weighted by molar-refractivity contribution is 6.00. The van der Waals surface area contributed by atoms with Gasteiger partial charge < -0.3 is 19.1 Å². The van der Waals surface area contributed by atoms with E-state index in [0.717, 1.165) is 40.1 Å². The first-order chi connectivity index (χ1) is 18.5. The van der Waals surface area contributed by atoms with E-state index in [-0.39, 0.29) is 11.9 Å². The van der Waals surface area contributed by atoms with Gasteiger partial charge in [0.1, 0.15) is 11.4 Å². The van der Waals surface area contributed by atoms with E-state index in [1.807, 2.05) is 54.4 Å². The van der Waals surface area contributed by atoms with Gasteiger partial charge in [0.25, 0.3) is 5.91 Å². The molecule has 196 valence electrons. The van der Waals surface area contributed by atoms with Crippen molar-refractivity contribution in [3.05, 3.63) is 94.7 Å². The molecule has 0 radical (unpaired) electrons. The molecule has 1 aliphatic heterocycles. The Morgan fingerprint density at radius 2 is 1.53 bits per heavy atom. The number of carbonyl (C=O) groups excluding carboxylic acids is 1. The third kappa shape index (κ3) is 4.49. The van der Waals surface area contributed by atoms with Gasteiger partial charge in [0.2, 0.25) is 0 Å². The Kier molecular flexibility index (Phi) is 7.09. The molecule has 3 aromatic carbocycles. The van der Waals surface area contributed by atoms with Crippen LogP contribution < -0.4 is 14.2 Å². The minimum Gasteiger partial charge on any atom is -0.497 e. The van der Waals surface area contributed by atoms with Crippen LogP contribution in [0.15, 0.2) is 66.7 Å². The van der Waals surface area contributed by atoms with E-state index in [1.165, 1.54) is 5.56 Å². The molecule has 0 fully saturated rings. The largest absolute Gasteiger partial charge is 0.497 e. The number of aromatic nitrogens is 2. The van der Waals surface area contributed by atoms with Crippen LogP contribution in [0.5, 0.6) is 17.2 Å². The molecular formula is C31H33N3O4. The molecule has 5 rings (SSSR count). The zero-order valence-corrected chi connectivity index (χ0v) is 22.5. The second-order valence-electron chi connectivity index (χ2n) is 9.40. The molecule has 38 heavy (non-hydrogen) atoms. The lowest BCUT2D eigenvalue weighted by molar-refractivity contribution is 0.0742. The van der Waals surface area contributed by atoms with Gasteiger partial charge in [0.05, 0.1) is 33.1 Å². The topological polar surface area (TPSA) is 65.8 Å². The molecule has 1 unspecified atom stereocenters. The molecule has 7 heteroatoms. The van der Waals surface area contributed by atoms with Crippen molar-refractivity contribution in [2.24, 2.45) is 7.05 Å². The molecule has 0 saturated carbocycles. The van der Waals surface area contributed by atoms with Crippen molar-refractivity contribution >= 4 is 5.91 Å². The first kappa shape index (κ1) is 25.4. The number of aryl methyl sites for hydroxylation is 2. The number of carbonyl (C=O) groups is 1. The summed E-state index contributed by atoms with van der Waals surface area (Å²) < 4.78 is 18.0. The van der Waals surface area contributed by atoms with Crippen LogP contribution in [0.4, 0.5) is 0 Å². The van der Waals surface area contributed by atoms with E-state index >= 15 is 0 Å². The molecule has 0 bridgehead atoms. The highest BCUT2D eigenvalue weighted by atomic mass is 16.5. The van der Waals surface area contributed by atoms with Crippen LogP contribution in [-0.2, 0) is 19.9 Å². The van der Waals surface area contributed by atoms with Crippen LogP contribution in [0, 0.1) is 0 Å². The lowest BCUT2D eigenvalue weighted by Crippen LogP contribution is -2.32. The molecule has 0 aliphatic carbocycles. The molecule has 2 heterocycles. The minimum absolute atomic E-state index is 0.0141. The smallest absolute Gasteiger partial charge is 0.273 e. The summed E-state index contributed by atoms with van der Waals surface area (Å²) in [5.41, 5.74) is 6.75. The van der Waals surface area contributed by atoms with E-state index in [0.29, 0.717) is 30.2 Å². The van der Waals surface area contributed by atoms with E-state index < -0.39 is 0 Å². The van der Waals surface area contributed by atoms with Crippen molar-refractivity contribution in [2.75, 3.05) is 27.9 Å². The minimum atomic E-state index is -0.241. The number of hydrogen-bond donors (Lipinski definition) is 0. The van der Waals surface area contributed by atoms with Gasteiger partial charge in [0.15, 0.2) is 11.5 Å². The van der Waals surface area contributed by atoms with E-state index in [1.54, 1.807) is 26.0 Å². The van der Waals surface area contributed by atoms with Crippen LogP contribution in [-0.4, -0.2) is 48.5 Å². The van der Waals surface area contributed by atoms with E-state index in [4.69, 9.17) is 19.3 Å². The molecular weight excluding hydrogens is 478 g/mol. The third-order valence-corrected chi connectivity index (χ3v) is 7.29. The lowest BCUT2D eigenvalue weighted by atomic mass is 9.95. The summed E-state index contributed by atoms with van der Waals surface area (Å²) >= 11 is 0. The monoisotopic (exact) mass is 511 g/mol. The second kappa shape index (κ2) is 10.6. The van der Waals surface area contributed by atoms with Crippen LogP contribution >= 0.6 is 0 Å². The number of rotatable bonds is 9. The Morgan fingerprint density at radius 3 is 2.16 bits per heavy atom. The van der Waals surface area contributed by atoms with Crippen molar-refractivity contribution < 1.29 is 19.0 Å². The van der Waals surface area contributed by atoms with Crippen LogP contribution in [0.3, 0.4) is 0 Å². The second-order valence-corrected chi connectivity index (χ2v) is 9.40. The zero-order valence-electron chi connectivity index (χ0n) is 22.5. The average Bonchev–Trinajstić information content (AvgIpc) is 3.45. The first-order valence-corrected chi connectivity index (χ1v) is 12.8. The molecule has 4 aromatic rings. The zero-order chi connectivity index (χ0) is 26.8. The van der Waals surface area contributed by atoms with Gasteiger partial charge in [-0.1, -0.05) is 37.3 Å². The number of benzene rings is 3.